The summed E-state index contributed by atoms with van der Waals surface area (Å²) in [6.45, 7) is 1.94. The van der Waals surface area contributed by atoms with Crippen LogP contribution in [0.3, 0.4) is 0 Å². The monoisotopic (exact) mass is 282 g/mol. The summed E-state index contributed by atoms with van der Waals surface area (Å²) in [5.41, 5.74) is 8.92. The number of benzene rings is 2. The minimum absolute atomic E-state index is 0.0680. The maximum absolute atomic E-state index is 11.4. The predicted octanol–water partition coefficient (Wildman–Crippen LogP) is 3.38. The quantitative estimate of drug-likeness (QED) is 0.907. The SMILES string of the molecule is C[C@H](N)c1ccccc1Oc1ccc2c(c1)CCC(=O)N2. The second-order valence-corrected chi connectivity index (χ2v) is 5.30. The molecule has 3 rings (SSSR count). The van der Waals surface area contributed by atoms with Gasteiger partial charge in [-0.3, -0.25) is 4.79 Å². The van der Waals surface area contributed by atoms with Crippen molar-refractivity contribution in [2.24, 2.45) is 5.73 Å². The van der Waals surface area contributed by atoms with Crippen molar-refractivity contribution in [2.45, 2.75) is 25.8 Å². The van der Waals surface area contributed by atoms with Gasteiger partial charge in [-0.05, 0) is 43.2 Å². The number of hydrogen-bond donors (Lipinski definition) is 2. The van der Waals surface area contributed by atoms with Crippen LogP contribution in [0.15, 0.2) is 42.5 Å². The molecule has 2 aromatic carbocycles. The molecule has 4 nitrogen and oxygen atoms in total. The van der Waals surface area contributed by atoms with Crippen molar-refractivity contribution in [1.82, 2.24) is 0 Å². The van der Waals surface area contributed by atoms with Crippen molar-refractivity contribution in [1.29, 1.82) is 0 Å². The molecule has 21 heavy (non-hydrogen) atoms. The molecule has 1 atom stereocenters. The van der Waals surface area contributed by atoms with E-state index in [0.29, 0.717) is 6.42 Å². The number of ether oxygens (including phenoxy) is 1. The second-order valence-electron chi connectivity index (χ2n) is 5.30. The van der Waals surface area contributed by atoms with E-state index in [2.05, 4.69) is 5.32 Å². The number of carbonyl (C=O) groups is 1. The predicted molar refractivity (Wildman–Crippen MR) is 82.5 cm³/mol. The van der Waals surface area contributed by atoms with Gasteiger partial charge in [0, 0.05) is 23.7 Å². The van der Waals surface area contributed by atoms with Gasteiger partial charge in [-0.2, -0.15) is 0 Å². The minimum Gasteiger partial charge on any atom is -0.457 e. The van der Waals surface area contributed by atoms with Crippen LogP contribution in [0.25, 0.3) is 0 Å². The minimum atomic E-state index is -0.0851. The van der Waals surface area contributed by atoms with Crippen LogP contribution in [0, 0.1) is 0 Å². The topological polar surface area (TPSA) is 64.3 Å². The molecule has 1 aliphatic heterocycles. The van der Waals surface area contributed by atoms with E-state index in [9.17, 15) is 4.79 Å². The Morgan fingerprint density at radius 1 is 1.19 bits per heavy atom. The van der Waals surface area contributed by atoms with Crippen LogP contribution in [-0.4, -0.2) is 5.91 Å². The zero-order valence-corrected chi connectivity index (χ0v) is 11.9. The number of nitrogens with one attached hydrogen (secondary N) is 1. The Balaban J connectivity index is 1.88. The fourth-order valence-electron chi connectivity index (χ4n) is 2.50. The Hall–Kier alpha value is -2.33. The van der Waals surface area contributed by atoms with Crippen molar-refractivity contribution in [2.75, 3.05) is 5.32 Å². The number of hydrogen-bond acceptors (Lipinski definition) is 3. The van der Waals surface area contributed by atoms with Crippen LogP contribution in [0.5, 0.6) is 11.5 Å². The molecule has 0 unspecified atom stereocenters. The Morgan fingerprint density at radius 2 is 2.00 bits per heavy atom. The fraction of sp³-hybridized carbons (Fsp3) is 0.235. The summed E-state index contributed by atoms with van der Waals surface area (Å²) in [6.07, 6.45) is 1.26. The zero-order chi connectivity index (χ0) is 14.8. The van der Waals surface area contributed by atoms with Gasteiger partial charge in [-0.15, -0.1) is 0 Å². The molecule has 0 saturated heterocycles. The van der Waals surface area contributed by atoms with Crippen molar-refractivity contribution in [3.63, 3.8) is 0 Å². The van der Waals surface area contributed by atoms with Gasteiger partial charge in [0.25, 0.3) is 0 Å². The van der Waals surface area contributed by atoms with Crippen LogP contribution >= 0.6 is 0 Å². The molecule has 0 aromatic heterocycles. The molecule has 0 radical (unpaired) electrons. The molecule has 1 amide bonds. The summed E-state index contributed by atoms with van der Waals surface area (Å²) in [4.78, 5) is 11.4. The molecular weight excluding hydrogens is 264 g/mol. The molecule has 4 heteroatoms. The molecule has 2 aromatic rings. The maximum Gasteiger partial charge on any atom is 0.224 e. The normalized spacial score (nSPS) is 15.0. The largest absolute Gasteiger partial charge is 0.457 e. The molecule has 1 heterocycles. The molecule has 108 valence electrons. The highest BCUT2D eigenvalue weighted by molar-refractivity contribution is 5.94. The highest BCUT2D eigenvalue weighted by Crippen LogP contribution is 2.32. The number of fused-ring (bicyclic) bond motifs is 1. The third-order valence-electron chi connectivity index (χ3n) is 3.61. The molecule has 0 fully saturated rings. The van der Waals surface area contributed by atoms with E-state index in [1.807, 2.05) is 49.4 Å². The molecule has 0 aliphatic carbocycles. The molecule has 0 bridgehead atoms. The first-order chi connectivity index (χ1) is 10.1. The summed E-state index contributed by atoms with van der Waals surface area (Å²) in [6, 6.07) is 13.4. The van der Waals surface area contributed by atoms with Crippen molar-refractivity contribution in [3.05, 3.63) is 53.6 Å². The van der Waals surface area contributed by atoms with Gasteiger partial charge in [0.2, 0.25) is 5.91 Å². The van der Waals surface area contributed by atoms with Crippen LogP contribution in [0.1, 0.15) is 30.5 Å². The van der Waals surface area contributed by atoms with Crippen LogP contribution in [0.4, 0.5) is 5.69 Å². The highest BCUT2D eigenvalue weighted by atomic mass is 16.5. The zero-order valence-electron chi connectivity index (χ0n) is 11.9. The van der Waals surface area contributed by atoms with Gasteiger partial charge in [0.05, 0.1) is 0 Å². The molecule has 3 N–H and O–H groups in total. The van der Waals surface area contributed by atoms with E-state index in [1.54, 1.807) is 0 Å². The molecule has 0 spiro atoms. The highest BCUT2D eigenvalue weighted by Gasteiger charge is 2.16. The number of carbonyl (C=O) groups excluding carboxylic acids is 1. The Labute approximate surface area is 123 Å². The average molecular weight is 282 g/mol. The summed E-state index contributed by atoms with van der Waals surface area (Å²) >= 11 is 0. The summed E-state index contributed by atoms with van der Waals surface area (Å²) in [7, 11) is 0. The van der Waals surface area contributed by atoms with Crippen molar-refractivity contribution in [3.8, 4) is 11.5 Å². The molecule has 0 saturated carbocycles. The fourth-order valence-corrected chi connectivity index (χ4v) is 2.50. The van der Waals surface area contributed by atoms with E-state index < -0.39 is 0 Å². The van der Waals surface area contributed by atoms with Gasteiger partial charge in [0.15, 0.2) is 0 Å². The second kappa shape index (κ2) is 5.58. The lowest BCUT2D eigenvalue weighted by molar-refractivity contribution is -0.116. The summed E-state index contributed by atoms with van der Waals surface area (Å²) < 4.78 is 5.97. The standard InChI is InChI=1S/C17H18N2O2/c1-11(18)14-4-2-3-5-16(14)21-13-7-8-15-12(10-13)6-9-17(20)19-15/h2-5,7-8,10-11H,6,9,18H2,1H3,(H,19,20)/t11-/m0/s1. The smallest absolute Gasteiger partial charge is 0.224 e. The lowest BCUT2D eigenvalue weighted by atomic mass is 10.0. The first-order valence-electron chi connectivity index (χ1n) is 7.08. The van der Waals surface area contributed by atoms with E-state index >= 15 is 0 Å². The van der Waals surface area contributed by atoms with Crippen molar-refractivity contribution >= 4 is 11.6 Å². The Bertz CT molecular complexity index is 680. The van der Waals surface area contributed by atoms with Crippen LogP contribution in [0.2, 0.25) is 0 Å². The van der Waals surface area contributed by atoms with Gasteiger partial charge in [0.1, 0.15) is 11.5 Å². The number of aryl methyl sites for hydroxylation is 1. The first-order valence-corrected chi connectivity index (χ1v) is 7.08. The lowest BCUT2D eigenvalue weighted by Crippen LogP contribution is -2.18. The number of para-hydroxylation sites is 1. The van der Waals surface area contributed by atoms with E-state index in [1.165, 1.54) is 0 Å². The number of amides is 1. The van der Waals surface area contributed by atoms with Crippen molar-refractivity contribution < 1.29 is 9.53 Å². The Kier molecular flexibility index (Phi) is 3.62. The summed E-state index contributed by atoms with van der Waals surface area (Å²) in [5, 5.41) is 2.87. The van der Waals surface area contributed by atoms with Gasteiger partial charge in [-0.25, -0.2) is 0 Å². The number of nitrogens with two attached hydrogens (primary N) is 1. The third kappa shape index (κ3) is 2.90. The van der Waals surface area contributed by atoms with Gasteiger partial charge < -0.3 is 15.8 Å². The maximum atomic E-state index is 11.4. The number of anilines is 1. The first kappa shape index (κ1) is 13.6. The van der Waals surface area contributed by atoms with Gasteiger partial charge >= 0.3 is 0 Å². The van der Waals surface area contributed by atoms with Crippen LogP contribution < -0.4 is 15.8 Å². The average Bonchev–Trinajstić information content (AvgIpc) is 2.48. The lowest BCUT2D eigenvalue weighted by Gasteiger charge is -2.18. The van der Waals surface area contributed by atoms with E-state index in [0.717, 1.165) is 34.7 Å². The molecule has 1 aliphatic rings. The Morgan fingerprint density at radius 3 is 2.81 bits per heavy atom. The van der Waals surface area contributed by atoms with E-state index in [-0.39, 0.29) is 11.9 Å². The van der Waals surface area contributed by atoms with Gasteiger partial charge in [-0.1, -0.05) is 18.2 Å². The third-order valence-corrected chi connectivity index (χ3v) is 3.61. The molecular formula is C17H18N2O2. The number of rotatable bonds is 3. The summed E-state index contributed by atoms with van der Waals surface area (Å²) in [5.74, 6) is 1.60. The van der Waals surface area contributed by atoms with E-state index in [4.69, 9.17) is 10.5 Å². The van der Waals surface area contributed by atoms with Crippen LogP contribution in [-0.2, 0) is 11.2 Å².